The molecule has 1 aromatic heterocycles. The highest BCUT2D eigenvalue weighted by Crippen LogP contribution is 2.27. The van der Waals surface area contributed by atoms with Gasteiger partial charge >= 0.3 is 5.97 Å². The molecule has 0 bridgehead atoms. The van der Waals surface area contributed by atoms with Crippen molar-refractivity contribution in [3.8, 4) is 11.5 Å². The van der Waals surface area contributed by atoms with Crippen molar-refractivity contribution in [2.75, 3.05) is 13.2 Å². The number of esters is 1. The smallest absolute Gasteiger partial charge is 0.345 e. The van der Waals surface area contributed by atoms with Crippen molar-refractivity contribution in [3.05, 3.63) is 88.2 Å². The number of carbonyl (C=O) groups is 2. The first-order valence-corrected chi connectivity index (χ1v) is 12.8. The summed E-state index contributed by atoms with van der Waals surface area (Å²) in [6.45, 7) is 1.32. The zero-order chi connectivity index (χ0) is 25.8. The predicted molar refractivity (Wildman–Crippen MR) is 141 cm³/mol. The van der Waals surface area contributed by atoms with Crippen molar-refractivity contribution in [2.45, 2.75) is 38.5 Å². The monoisotopic (exact) mass is 529 g/mol. The van der Waals surface area contributed by atoms with Gasteiger partial charge in [0.2, 0.25) is 0 Å². The van der Waals surface area contributed by atoms with Gasteiger partial charge in [0.15, 0.2) is 12.4 Å². The van der Waals surface area contributed by atoms with Crippen molar-refractivity contribution >= 4 is 35.1 Å². The maximum Gasteiger partial charge on any atom is 0.345 e. The third-order valence-electron chi connectivity index (χ3n) is 5.53. The SMILES string of the molecule is C[n+]1cccc(C(=O)NCCCCCCCCOc2ccc(OC(=O)c3cccc(Cl)c3Cl)cc2)c1. The quantitative estimate of drug-likeness (QED) is 0.124. The molecule has 1 N–H and O–H groups in total. The fourth-order valence-corrected chi connectivity index (χ4v) is 3.96. The fraction of sp³-hybridized carbons (Fsp3) is 0.321. The molecule has 0 aliphatic rings. The second kappa shape index (κ2) is 14.5. The van der Waals surface area contributed by atoms with Gasteiger partial charge < -0.3 is 14.8 Å². The summed E-state index contributed by atoms with van der Waals surface area (Å²) in [4.78, 5) is 24.4. The zero-order valence-corrected chi connectivity index (χ0v) is 21.9. The van der Waals surface area contributed by atoms with Crippen LogP contribution < -0.4 is 19.4 Å². The van der Waals surface area contributed by atoms with E-state index in [1.54, 1.807) is 42.5 Å². The van der Waals surface area contributed by atoms with Crippen LogP contribution in [0.1, 0.15) is 59.2 Å². The molecule has 0 saturated carbocycles. The lowest BCUT2D eigenvalue weighted by atomic mass is 10.1. The fourth-order valence-electron chi connectivity index (χ4n) is 3.58. The van der Waals surface area contributed by atoms with E-state index in [1.165, 1.54) is 0 Å². The van der Waals surface area contributed by atoms with Crippen LogP contribution in [0.3, 0.4) is 0 Å². The van der Waals surface area contributed by atoms with Crippen LogP contribution in [0.15, 0.2) is 67.0 Å². The molecule has 0 radical (unpaired) electrons. The predicted octanol–water partition coefficient (Wildman–Crippen LogP) is 6.19. The summed E-state index contributed by atoms with van der Waals surface area (Å²) in [6.07, 6.45) is 10.1. The van der Waals surface area contributed by atoms with Crippen LogP contribution in [0.5, 0.6) is 11.5 Å². The Bertz CT molecular complexity index is 1150. The largest absolute Gasteiger partial charge is 0.494 e. The highest BCUT2D eigenvalue weighted by atomic mass is 35.5. The van der Waals surface area contributed by atoms with Crippen LogP contribution >= 0.6 is 23.2 Å². The van der Waals surface area contributed by atoms with Crippen molar-refractivity contribution < 1.29 is 23.6 Å². The normalized spacial score (nSPS) is 10.6. The van der Waals surface area contributed by atoms with E-state index < -0.39 is 5.97 Å². The van der Waals surface area contributed by atoms with E-state index in [-0.39, 0.29) is 16.5 Å². The van der Waals surface area contributed by atoms with Gasteiger partial charge in [-0.25, -0.2) is 9.36 Å². The van der Waals surface area contributed by atoms with Gasteiger partial charge in [-0.15, -0.1) is 0 Å². The average molecular weight is 530 g/mol. The molecule has 0 spiro atoms. The van der Waals surface area contributed by atoms with Gasteiger partial charge in [-0.2, -0.15) is 0 Å². The molecule has 2 aromatic carbocycles. The van der Waals surface area contributed by atoms with E-state index >= 15 is 0 Å². The number of hydrogen-bond donors (Lipinski definition) is 1. The molecule has 6 nitrogen and oxygen atoms in total. The number of pyridine rings is 1. The molecule has 1 amide bonds. The zero-order valence-electron chi connectivity index (χ0n) is 20.3. The summed E-state index contributed by atoms with van der Waals surface area (Å²) >= 11 is 12.0. The first kappa shape index (κ1) is 27.5. The Morgan fingerprint density at radius 1 is 0.861 bits per heavy atom. The Kier molecular flexibility index (Phi) is 11.0. The number of benzene rings is 2. The summed E-state index contributed by atoms with van der Waals surface area (Å²) < 4.78 is 13.0. The molecule has 0 fully saturated rings. The van der Waals surface area contributed by atoms with E-state index in [2.05, 4.69) is 5.32 Å². The summed E-state index contributed by atoms with van der Waals surface area (Å²) in [7, 11) is 1.90. The van der Waals surface area contributed by atoms with E-state index in [4.69, 9.17) is 32.7 Å². The number of rotatable bonds is 13. The van der Waals surface area contributed by atoms with Gasteiger partial charge in [-0.05, 0) is 55.3 Å². The standard InChI is InChI=1S/C28H30Cl2N2O4/c1-32-18-9-10-21(20-32)27(33)31-17-6-4-2-3-5-7-19-35-22-13-15-23(16-14-22)36-28(34)24-11-8-12-25(29)26(24)30/h8-16,18,20H,2-7,17,19H2,1H3/p+1. The van der Waals surface area contributed by atoms with Crippen LogP contribution in [0, 0.1) is 0 Å². The number of halogens is 2. The second-order valence-electron chi connectivity index (χ2n) is 8.45. The molecule has 0 saturated heterocycles. The molecule has 3 aromatic rings. The highest BCUT2D eigenvalue weighted by Gasteiger charge is 2.15. The van der Waals surface area contributed by atoms with Crippen molar-refractivity contribution in [1.29, 1.82) is 0 Å². The van der Waals surface area contributed by atoms with Gasteiger partial charge in [-0.3, -0.25) is 4.79 Å². The maximum atomic E-state index is 12.3. The molecule has 0 atom stereocenters. The van der Waals surface area contributed by atoms with E-state index in [1.807, 2.05) is 36.1 Å². The number of nitrogens with zero attached hydrogens (tertiary/aromatic N) is 1. The molecule has 190 valence electrons. The third kappa shape index (κ3) is 8.85. The minimum absolute atomic E-state index is 0.0277. The minimum atomic E-state index is -0.566. The Hall–Kier alpha value is -3.09. The molecule has 1 heterocycles. The molecule has 8 heteroatoms. The topological polar surface area (TPSA) is 68.5 Å². The van der Waals surface area contributed by atoms with Crippen molar-refractivity contribution in [2.24, 2.45) is 7.05 Å². The number of aromatic nitrogens is 1. The lowest BCUT2D eigenvalue weighted by molar-refractivity contribution is -0.671. The number of amides is 1. The number of hydrogen-bond acceptors (Lipinski definition) is 4. The molecule has 0 aliphatic carbocycles. The first-order chi connectivity index (χ1) is 17.4. The van der Waals surface area contributed by atoms with Crippen LogP contribution in [-0.2, 0) is 7.05 Å². The molecule has 0 aliphatic heterocycles. The molecule has 0 unspecified atom stereocenters. The van der Waals surface area contributed by atoms with Gasteiger partial charge in [0, 0.05) is 12.6 Å². The summed E-state index contributed by atoms with van der Waals surface area (Å²) in [6, 6.07) is 15.4. The molecular weight excluding hydrogens is 499 g/mol. The van der Waals surface area contributed by atoms with Gasteiger partial charge in [0.05, 0.1) is 22.2 Å². The van der Waals surface area contributed by atoms with E-state index in [0.717, 1.165) is 44.3 Å². The molecule has 36 heavy (non-hydrogen) atoms. The van der Waals surface area contributed by atoms with Crippen LogP contribution in [0.25, 0.3) is 0 Å². The maximum absolute atomic E-state index is 12.3. The summed E-state index contributed by atoms with van der Waals surface area (Å²) in [5, 5.41) is 3.45. The first-order valence-electron chi connectivity index (χ1n) is 12.1. The number of nitrogens with one attached hydrogen (secondary N) is 1. The van der Waals surface area contributed by atoms with E-state index in [9.17, 15) is 9.59 Å². The Labute approximate surface area is 222 Å². The average Bonchev–Trinajstić information content (AvgIpc) is 2.87. The van der Waals surface area contributed by atoms with Crippen LogP contribution in [0.4, 0.5) is 0 Å². The third-order valence-corrected chi connectivity index (χ3v) is 6.35. The van der Waals surface area contributed by atoms with Gasteiger partial charge in [0.1, 0.15) is 24.1 Å². The summed E-state index contributed by atoms with van der Waals surface area (Å²) in [5.41, 5.74) is 0.897. The highest BCUT2D eigenvalue weighted by molar-refractivity contribution is 6.43. The van der Waals surface area contributed by atoms with Crippen LogP contribution in [0.2, 0.25) is 10.0 Å². The second-order valence-corrected chi connectivity index (χ2v) is 9.23. The number of unbranched alkanes of at least 4 members (excludes halogenated alkanes) is 5. The molecular formula is C28H31Cl2N2O4+. The number of carbonyl (C=O) groups excluding carboxylic acids is 2. The number of ether oxygens (including phenoxy) is 2. The lowest BCUT2D eigenvalue weighted by Crippen LogP contribution is -2.31. The summed E-state index contributed by atoms with van der Waals surface area (Å²) in [5.74, 6) is 0.527. The Morgan fingerprint density at radius 2 is 1.56 bits per heavy atom. The van der Waals surface area contributed by atoms with Crippen LogP contribution in [-0.4, -0.2) is 25.0 Å². The lowest BCUT2D eigenvalue weighted by Gasteiger charge is -2.09. The van der Waals surface area contributed by atoms with E-state index in [0.29, 0.717) is 29.5 Å². The Balaban J connectivity index is 1.23. The van der Waals surface area contributed by atoms with Gasteiger partial charge in [0.25, 0.3) is 5.91 Å². The van der Waals surface area contributed by atoms with Crippen molar-refractivity contribution in [1.82, 2.24) is 5.32 Å². The van der Waals surface area contributed by atoms with Gasteiger partial charge in [-0.1, -0.05) is 55.0 Å². The molecule has 3 rings (SSSR count). The number of aryl methyl sites for hydroxylation is 1. The Morgan fingerprint density at radius 3 is 2.31 bits per heavy atom. The minimum Gasteiger partial charge on any atom is -0.494 e. The van der Waals surface area contributed by atoms with Crippen molar-refractivity contribution in [3.63, 3.8) is 0 Å².